The Hall–Kier alpha value is -5.58. The van der Waals surface area contributed by atoms with Crippen molar-refractivity contribution in [1.29, 1.82) is 0 Å². The van der Waals surface area contributed by atoms with Crippen LogP contribution in [-0.2, 0) is 173 Å². The van der Waals surface area contributed by atoms with Crippen molar-refractivity contribution in [3.8, 4) is 0 Å². The SMILES string of the molecule is O=C(CCOCCOCCOCCOCCOCCOCCOCCOCCC(=O)N(CCOCCOCCOCCOCCOCCOCCOCCOCCC(=O)ON1C(=O)CCC1=O)CCOCCOCCOCCOCCOCCOCCOCCOCCC(=O)ON1C(=O)CCC1=O)OCc1ccccc1. The molecule has 5 amide bonds. The van der Waals surface area contributed by atoms with Gasteiger partial charge in [0.05, 0.1) is 343 Å². The van der Waals surface area contributed by atoms with Crippen LogP contribution in [0.5, 0.6) is 0 Å². The number of hydrogen-bond donors (Lipinski definition) is 0. The van der Waals surface area contributed by atoms with Gasteiger partial charge < -0.3 is 133 Å². The van der Waals surface area contributed by atoms with Crippen LogP contribution in [0, 0.1) is 0 Å². The van der Waals surface area contributed by atoms with E-state index in [1.54, 1.807) is 4.90 Å². The second kappa shape index (κ2) is 75.8. The number of benzene rings is 1. The topological polar surface area (TPSA) is 395 Å². The number of amides is 5. The van der Waals surface area contributed by atoms with Crippen LogP contribution < -0.4 is 0 Å². The molecule has 0 radical (unpaired) electrons. The van der Waals surface area contributed by atoms with Crippen LogP contribution in [0.15, 0.2) is 30.3 Å². The maximum absolute atomic E-state index is 13.3. The minimum atomic E-state index is -0.721. The van der Waals surface area contributed by atoms with Crippen LogP contribution in [0.1, 0.15) is 56.9 Å². The minimum Gasteiger partial charge on any atom is -0.461 e. The van der Waals surface area contributed by atoms with E-state index in [4.69, 9.17) is 128 Å². The van der Waals surface area contributed by atoms with E-state index in [1.807, 2.05) is 30.3 Å². The molecule has 2 aliphatic rings. The molecule has 0 atom stereocenters. The molecule has 38 heteroatoms. The van der Waals surface area contributed by atoms with E-state index in [0.717, 1.165) is 5.56 Å². The molecule has 0 saturated carbocycles. The van der Waals surface area contributed by atoms with Crippen molar-refractivity contribution >= 4 is 47.4 Å². The Morgan fingerprint density at radius 1 is 0.243 bits per heavy atom. The smallest absolute Gasteiger partial charge is 0.335 e. The van der Waals surface area contributed by atoms with E-state index >= 15 is 0 Å². The van der Waals surface area contributed by atoms with Crippen molar-refractivity contribution in [3.63, 3.8) is 0 Å². The molecule has 1 aromatic rings. The number of imide groups is 2. The monoisotopic (exact) mass is 1600 g/mol. The highest BCUT2D eigenvalue weighted by molar-refractivity contribution is 6.02. The van der Waals surface area contributed by atoms with E-state index in [9.17, 15) is 38.4 Å². The summed E-state index contributed by atoms with van der Waals surface area (Å²) in [5.74, 6) is -3.97. The Labute approximate surface area is 650 Å². The van der Waals surface area contributed by atoms with Crippen LogP contribution in [0.3, 0.4) is 0 Å². The van der Waals surface area contributed by atoms with Gasteiger partial charge in [-0.15, -0.1) is 10.1 Å². The lowest BCUT2D eigenvalue weighted by Crippen LogP contribution is -2.37. The summed E-state index contributed by atoms with van der Waals surface area (Å²) >= 11 is 0. The molecule has 0 aromatic heterocycles. The fourth-order valence-corrected chi connectivity index (χ4v) is 8.84. The summed E-state index contributed by atoms with van der Waals surface area (Å²) in [7, 11) is 0. The summed E-state index contributed by atoms with van der Waals surface area (Å²) in [6.45, 7) is 17.9. The van der Waals surface area contributed by atoms with E-state index in [0.29, 0.717) is 301 Å². The molecule has 640 valence electrons. The number of carbonyl (C=O) groups is 8. The summed E-state index contributed by atoms with van der Waals surface area (Å²) in [5, 5.41) is 1.02. The maximum Gasteiger partial charge on any atom is 0.335 e. The maximum atomic E-state index is 13.3. The first-order chi connectivity index (χ1) is 54.6. The first kappa shape index (κ1) is 99.6. The van der Waals surface area contributed by atoms with Crippen LogP contribution in [0.25, 0.3) is 0 Å². The van der Waals surface area contributed by atoms with Crippen LogP contribution >= 0.6 is 0 Å². The quantitative estimate of drug-likeness (QED) is 0.0493. The van der Waals surface area contributed by atoms with E-state index in [-0.39, 0.29) is 109 Å². The molecule has 3 rings (SSSR count). The lowest BCUT2D eigenvalue weighted by molar-refractivity contribution is -0.198. The zero-order valence-electron chi connectivity index (χ0n) is 64.7. The number of ether oxygens (including phenoxy) is 25. The highest BCUT2D eigenvalue weighted by Crippen LogP contribution is 2.14. The number of nitrogens with zero attached hydrogens (tertiary/aromatic N) is 3. The van der Waals surface area contributed by atoms with Gasteiger partial charge in [-0.25, -0.2) is 9.59 Å². The minimum absolute atomic E-state index is 0.0365. The largest absolute Gasteiger partial charge is 0.461 e. The molecule has 0 unspecified atom stereocenters. The van der Waals surface area contributed by atoms with Gasteiger partial charge in [-0.3, -0.25) is 28.8 Å². The molecule has 111 heavy (non-hydrogen) atoms. The Morgan fingerprint density at radius 3 is 0.658 bits per heavy atom. The third-order valence-electron chi connectivity index (χ3n) is 14.6. The van der Waals surface area contributed by atoms with Gasteiger partial charge in [0.1, 0.15) is 6.61 Å². The predicted octanol–water partition coefficient (Wildman–Crippen LogP) is 0.732. The van der Waals surface area contributed by atoms with Gasteiger partial charge in [-0.2, -0.15) is 0 Å². The molecule has 0 spiro atoms. The highest BCUT2D eigenvalue weighted by atomic mass is 16.7. The fourth-order valence-electron chi connectivity index (χ4n) is 8.84. The van der Waals surface area contributed by atoms with Crippen molar-refractivity contribution < 1.29 is 166 Å². The summed E-state index contributed by atoms with van der Waals surface area (Å²) in [6.07, 6.45) is 0.288. The molecule has 0 N–H and O–H groups in total. The highest BCUT2D eigenvalue weighted by Gasteiger charge is 2.34. The lowest BCUT2D eigenvalue weighted by Gasteiger charge is -2.23. The number of hydroxylamine groups is 4. The lowest BCUT2D eigenvalue weighted by atomic mass is 10.2. The third kappa shape index (κ3) is 62.5. The molecule has 38 nitrogen and oxygen atoms in total. The predicted molar refractivity (Wildman–Crippen MR) is 385 cm³/mol. The second-order valence-electron chi connectivity index (χ2n) is 23.3. The van der Waals surface area contributed by atoms with Crippen molar-refractivity contribution in [2.24, 2.45) is 0 Å². The fraction of sp³-hybridized carbons (Fsp3) is 0.808. The van der Waals surface area contributed by atoms with E-state index < -0.39 is 35.6 Å². The van der Waals surface area contributed by atoms with Gasteiger partial charge in [-0.1, -0.05) is 30.3 Å². The Kier molecular flexibility index (Phi) is 68.0. The van der Waals surface area contributed by atoms with Crippen molar-refractivity contribution in [2.45, 2.75) is 58.0 Å². The van der Waals surface area contributed by atoms with E-state index in [2.05, 4.69) is 0 Å². The molecule has 2 aliphatic heterocycles. The molecule has 2 fully saturated rings. The van der Waals surface area contributed by atoms with Gasteiger partial charge in [0.2, 0.25) is 5.91 Å². The summed E-state index contributed by atoms with van der Waals surface area (Å²) in [6, 6.07) is 9.50. The molecule has 1 aromatic carbocycles. The summed E-state index contributed by atoms with van der Waals surface area (Å²) in [4.78, 5) is 106. The first-order valence-corrected chi connectivity index (χ1v) is 38.1. The number of esters is 1. The number of rotatable bonds is 85. The molecular weight excluding hydrogens is 1480 g/mol. The molecule has 2 saturated heterocycles. The molecule has 0 aliphatic carbocycles. The zero-order chi connectivity index (χ0) is 79.3. The molecular formula is C73H123N3O35. The van der Waals surface area contributed by atoms with Crippen molar-refractivity contribution in [3.05, 3.63) is 35.9 Å². The van der Waals surface area contributed by atoms with Crippen LogP contribution in [-0.4, -0.2) is 393 Å². The van der Waals surface area contributed by atoms with Gasteiger partial charge >= 0.3 is 17.9 Å². The van der Waals surface area contributed by atoms with Crippen LogP contribution in [0.4, 0.5) is 0 Å². The number of carbonyl (C=O) groups excluding carboxylic acids is 8. The standard InChI is InChI=1S/C73H123N3O35/c77-66(10-16-85-22-28-91-34-40-97-46-52-103-58-59-104-53-47-98-41-35-92-29-23-86-17-11-71(82)109-64-65-4-2-1-3-5-65)74(14-20-89-26-32-95-38-44-101-50-56-107-62-60-105-54-48-99-42-36-93-30-24-87-18-12-72(83)110-75-67(78)6-7-68(75)79)15-21-90-27-33-96-39-45-102-51-57-108-63-61-106-55-49-100-43-37-94-31-25-88-19-13-73(84)111-76-69(80)8-9-70(76)81/h1-5H,6-64H2. The Morgan fingerprint density at radius 2 is 0.432 bits per heavy atom. The summed E-state index contributed by atoms with van der Waals surface area (Å²) < 4.78 is 138. The van der Waals surface area contributed by atoms with Gasteiger partial charge in [0, 0.05) is 38.8 Å². The Balaban J connectivity index is 1.10. The van der Waals surface area contributed by atoms with Crippen LogP contribution in [0.2, 0.25) is 0 Å². The first-order valence-electron chi connectivity index (χ1n) is 38.1. The average Bonchev–Trinajstić information content (AvgIpc) is 1.74. The average molecular weight is 1600 g/mol. The normalized spacial score (nSPS) is 13.0. The second-order valence-corrected chi connectivity index (χ2v) is 23.3. The van der Waals surface area contributed by atoms with Gasteiger partial charge in [0.15, 0.2) is 0 Å². The van der Waals surface area contributed by atoms with Crippen molar-refractivity contribution in [1.82, 2.24) is 15.0 Å². The third-order valence-corrected chi connectivity index (χ3v) is 14.6. The Bertz CT molecular complexity index is 2300. The molecule has 2 heterocycles. The van der Waals surface area contributed by atoms with Gasteiger partial charge in [-0.05, 0) is 5.56 Å². The number of hydrogen-bond acceptors (Lipinski definition) is 35. The summed E-state index contributed by atoms with van der Waals surface area (Å²) in [5.41, 5.74) is 0.938. The van der Waals surface area contributed by atoms with Gasteiger partial charge in [0.25, 0.3) is 23.6 Å². The molecule has 0 bridgehead atoms. The zero-order valence-corrected chi connectivity index (χ0v) is 64.7. The van der Waals surface area contributed by atoms with Crippen molar-refractivity contribution in [2.75, 3.05) is 330 Å². The van der Waals surface area contributed by atoms with E-state index in [1.165, 1.54) is 0 Å².